The number of carbonyl (C=O) groups is 3. The Hall–Kier alpha value is -1.54. The number of carbonyl (C=O) groups excluding carboxylic acids is 2. The third-order valence-electron chi connectivity index (χ3n) is 3.53. The largest absolute Gasteiger partial charge is 0.480 e. The Labute approximate surface area is 120 Å². The minimum absolute atomic E-state index is 0.117. The second-order valence-electron chi connectivity index (χ2n) is 4.85. The minimum atomic E-state index is -1.06. The minimum Gasteiger partial charge on any atom is -0.480 e. The van der Waals surface area contributed by atoms with Gasteiger partial charge in [-0.2, -0.15) is 0 Å². The number of rotatable bonds is 4. The van der Waals surface area contributed by atoms with Crippen LogP contribution < -0.4 is 0 Å². The van der Waals surface area contributed by atoms with Crippen LogP contribution in [-0.2, 0) is 19.2 Å². The van der Waals surface area contributed by atoms with Crippen molar-refractivity contribution in [2.75, 3.05) is 14.2 Å². The zero-order valence-electron chi connectivity index (χ0n) is 11.4. The molecule has 0 unspecified atom stereocenters. The molecule has 2 amide bonds. The fourth-order valence-corrected chi connectivity index (χ4v) is 4.02. The predicted octanol–water partition coefficient (Wildman–Crippen LogP) is 0.0795. The molecule has 0 bridgehead atoms. The van der Waals surface area contributed by atoms with Crippen molar-refractivity contribution >= 4 is 29.5 Å². The molecule has 0 aliphatic carbocycles. The molecule has 2 aliphatic rings. The lowest BCUT2D eigenvalue weighted by atomic mass is 9.96. The number of carboxylic acid groups (broad SMARTS) is 1. The van der Waals surface area contributed by atoms with E-state index in [1.807, 2.05) is 0 Å². The summed E-state index contributed by atoms with van der Waals surface area (Å²) in [5.74, 6) is -1.61. The molecule has 2 fully saturated rings. The highest BCUT2D eigenvalue weighted by atomic mass is 32.2. The van der Waals surface area contributed by atoms with Crippen LogP contribution >= 0.6 is 11.8 Å². The number of hydrogen-bond donors (Lipinski definition) is 1. The predicted molar refractivity (Wildman–Crippen MR) is 71.6 cm³/mol. The molecule has 8 heteroatoms. The molecule has 2 heterocycles. The molecule has 0 aromatic carbocycles. The number of likely N-dealkylation sites (N-methyl/N-ethyl adjacent to an activating group) is 1. The smallest absolute Gasteiger partial charge is 0.328 e. The first kappa shape index (κ1) is 14.9. The third-order valence-corrected chi connectivity index (χ3v) is 5.07. The van der Waals surface area contributed by atoms with Crippen LogP contribution in [0.4, 0.5) is 0 Å². The lowest BCUT2D eigenvalue weighted by molar-refractivity contribution is -0.162. The van der Waals surface area contributed by atoms with Crippen molar-refractivity contribution in [2.24, 2.45) is 0 Å². The van der Waals surface area contributed by atoms with E-state index in [2.05, 4.69) is 0 Å². The molecular weight excluding hydrogens is 284 g/mol. The van der Waals surface area contributed by atoms with Crippen molar-refractivity contribution in [3.8, 4) is 0 Å². The number of β-lactam (4-membered cyclic amide) rings is 1. The molecular formula is C12H16N2O5S. The fourth-order valence-electron chi connectivity index (χ4n) is 2.37. The standard InChI is InChI=1S/C12H16N2O5S/c1-12(5-4-7(15)13(2)19-3)10(11(17)18)14-8(16)6-9(14)20-12/h4-5,9-10H,6H2,1-3H3,(H,17,18)/b5-4+/t9-,10+,12+/m1/s1. The molecule has 0 aromatic rings. The van der Waals surface area contributed by atoms with Gasteiger partial charge in [-0.25, -0.2) is 9.86 Å². The fraction of sp³-hybridized carbons (Fsp3) is 0.583. The lowest BCUT2D eigenvalue weighted by Crippen LogP contribution is -2.57. The van der Waals surface area contributed by atoms with Crippen LogP contribution in [0.5, 0.6) is 0 Å². The van der Waals surface area contributed by atoms with Gasteiger partial charge in [-0.1, -0.05) is 6.08 Å². The van der Waals surface area contributed by atoms with Crippen LogP contribution in [0.2, 0.25) is 0 Å². The summed E-state index contributed by atoms with van der Waals surface area (Å²) in [7, 11) is 2.82. The van der Waals surface area contributed by atoms with Gasteiger partial charge in [0.05, 0.1) is 23.7 Å². The Morgan fingerprint density at radius 3 is 2.75 bits per heavy atom. The van der Waals surface area contributed by atoms with E-state index in [4.69, 9.17) is 4.84 Å². The number of aliphatic carboxylic acids is 1. The van der Waals surface area contributed by atoms with Gasteiger partial charge in [-0.15, -0.1) is 11.8 Å². The van der Waals surface area contributed by atoms with Crippen molar-refractivity contribution in [1.29, 1.82) is 0 Å². The number of amides is 2. The van der Waals surface area contributed by atoms with Gasteiger partial charge < -0.3 is 10.0 Å². The average Bonchev–Trinajstić information content (AvgIpc) is 2.63. The summed E-state index contributed by atoms with van der Waals surface area (Å²) in [4.78, 5) is 40.8. The Balaban J connectivity index is 2.20. The van der Waals surface area contributed by atoms with Crippen LogP contribution in [0.3, 0.4) is 0 Å². The molecule has 0 spiro atoms. The first-order chi connectivity index (χ1) is 9.30. The molecule has 20 heavy (non-hydrogen) atoms. The van der Waals surface area contributed by atoms with Crippen LogP contribution in [0, 0.1) is 0 Å². The number of fused-ring (bicyclic) bond motifs is 1. The van der Waals surface area contributed by atoms with Crippen molar-refractivity contribution < 1.29 is 24.3 Å². The van der Waals surface area contributed by atoms with Crippen molar-refractivity contribution in [2.45, 2.75) is 29.5 Å². The molecule has 110 valence electrons. The molecule has 1 N–H and O–H groups in total. The Bertz CT molecular complexity index is 494. The summed E-state index contributed by atoms with van der Waals surface area (Å²) in [6, 6.07) is -0.948. The van der Waals surface area contributed by atoms with Gasteiger partial charge in [0, 0.05) is 13.1 Å². The second-order valence-corrected chi connectivity index (χ2v) is 6.51. The highest BCUT2D eigenvalue weighted by Gasteiger charge is 2.59. The number of thioether (sulfide) groups is 1. The lowest BCUT2D eigenvalue weighted by Gasteiger charge is -2.36. The van der Waals surface area contributed by atoms with Crippen molar-refractivity contribution in [3.63, 3.8) is 0 Å². The zero-order valence-corrected chi connectivity index (χ0v) is 12.2. The molecule has 0 radical (unpaired) electrons. The monoisotopic (exact) mass is 300 g/mol. The first-order valence-electron chi connectivity index (χ1n) is 6.03. The summed E-state index contributed by atoms with van der Waals surface area (Å²) in [6.45, 7) is 1.72. The molecule has 2 rings (SSSR count). The Morgan fingerprint density at radius 1 is 1.60 bits per heavy atom. The van der Waals surface area contributed by atoms with E-state index in [9.17, 15) is 19.5 Å². The number of hydrogen-bond acceptors (Lipinski definition) is 5. The van der Waals surface area contributed by atoms with Crippen LogP contribution in [-0.4, -0.2) is 63.2 Å². The molecule has 0 saturated carbocycles. The highest BCUT2D eigenvalue weighted by molar-refractivity contribution is 8.01. The maximum Gasteiger partial charge on any atom is 0.328 e. The molecule has 7 nitrogen and oxygen atoms in total. The molecule has 3 atom stereocenters. The van der Waals surface area contributed by atoms with E-state index in [1.54, 1.807) is 13.0 Å². The molecule has 2 aliphatic heterocycles. The maximum atomic E-state index is 11.7. The van der Waals surface area contributed by atoms with E-state index >= 15 is 0 Å². The van der Waals surface area contributed by atoms with Crippen LogP contribution in [0.1, 0.15) is 13.3 Å². The van der Waals surface area contributed by atoms with E-state index in [-0.39, 0.29) is 17.2 Å². The van der Waals surface area contributed by atoms with Gasteiger partial charge in [0.25, 0.3) is 5.91 Å². The average molecular weight is 300 g/mol. The van der Waals surface area contributed by atoms with E-state index < -0.39 is 16.8 Å². The summed E-state index contributed by atoms with van der Waals surface area (Å²) >= 11 is 1.39. The van der Waals surface area contributed by atoms with Gasteiger partial charge in [-0.3, -0.25) is 14.4 Å². The van der Waals surface area contributed by atoms with Crippen LogP contribution in [0.25, 0.3) is 0 Å². The van der Waals surface area contributed by atoms with E-state index in [1.165, 1.54) is 36.9 Å². The molecule has 0 aromatic heterocycles. The summed E-state index contributed by atoms with van der Waals surface area (Å²) in [6.07, 6.45) is 3.17. The topological polar surface area (TPSA) is 87.2 Å². The number of hydroxylamine groups is 2. The second kappa shape index (κ2) is 5.10. The maximum absolute atomic E-state index is 11.7. The van der Waals surface area contributed by atoms with Gasteiger partial charge in [0.1, 0.15) is 6.04 Å². The van der Waals surface area contributed by atoms with Gasteiger partial charge in [0.15, 0.2) is 0 Å². The molecule has 2 saturated heterocycles. The normalized spacial score (nSPS) is 32.1. The van der Waals surface area contributed by atoms with Gasteiger partial charge in [-0.05, 0) is 6.92 Å². The summed E-state index contributed by atoms with van der Waals surface area (Å²) < 4.78 is -0.826. The van der Waals surface area contributed by atoms with E-state index in [0.29, 0.717) is 6.42 Å². The van der Waals surface area contributed by atoms with Crippen LogP contribution in [0.15, 0.2) is 12.2 Å². The zero-order chi connectivity index (χ0) is 15.1. The van der Waals surface area contributed by atoms with E-state index in [0.717, 1.165) is 5.06 Å². The third kappa shape index (κ3) is 2.29. The Kier molecular flexibility index (Phi) is 3.79. The van der Waals surface area contributed by atoms with Gasteiger partial charge in [0.2, 0.25) is 5.91 Å². The SMILES string of the molecule is CON(C)C(=O)/C=C/[C@]1(C)S[C@@H]2CC(=O)N2[C@H]1C(=O)O. The van der Waals surface area contributed by atoms with Gasteiger partial charge >= 0.3 is 5.97 Å². The quantitative estimate of drug-likeness (QED) is 0.449. The number of nitrogens with zero attached hydrogens (tertiary/aromatic N) is 2. The van der Waals surface area contributed by atoms with Crippen molar-refractivity contribution in [1.82, 2.24) is 9.96 Å². The first-order valence-corrected chi connectivity index (χ1v) is 6.91. The summed E-state index contributed by atoms with van der Waals surface area (Å²) in [5.41, 5.74) is 0. The highest BCUT2D eigenvalue weighted by Crippen LogP contribution is 2.51. The summed E-state index contributed by atoms with van der Waals surface area (Å²) in [5, 5.41) is 10.3. The number of carboxylic acids is 1. The Morgan fingerprint density at radius 2 is 2.25 bits per heavy atom. The van der Waals surface area contributed by atoms with Crippen molar-refractivity contribution in [3.05, 3.63) is 12.2 Å².